The van der Waals surface area contributed by atoms with Crippen molar-refractivity contribution in [2.24, 2.45) is 0 Å². The fraction of sp³-hybridized carbons (Fsp3) is 0.412. The lowest BCUT2D eigenvalue weighted by atomic mass is 10.0. The number of para-hydroxylation sites is 1. The molecule has 0 saturated carbocycles. The summed E-state index contributed by atoms with van der Waals surface area (Å²) >= 11 is 0. The van der Waals surface area contributed by atoms with Crippen LogP contribution in [0, 0.1) is 6.92 Å². The van der Waals surface area contributed by atoms with Gasteiger partial charge >= 0.3 is 11.8 Å². The van der Waals surface area contributed by atoms with Gasteiger partial charge in [-0.25, -0.2) is 0 Å². The summed E-state index contributed by atoms with van der Waals surface area (Å²) in [6.07, 6.45) is 1.17. The zero-order valence-electron chi connectivity index (χ0n) is 14.1. The molecule has 0 bridgehead atoms. The van der Waals surface area contributed by atoms with E-state index >= 15 is 0 Å². The predicted octanol–water partition coefficient (Wildman–Crippen LogP) is 2.19. The number of hydrogen-bond acceptors (Lipinski definition) is 5. The van der Waals surface area contributed by atoms with Crippen LogP contribution in [-0.4, -0.2) is 28.5 Å². The van der Waals surface area contributed by atoms with Gasteiger partial charge in [0.25, 0.3) is 0 Å². The summed E-state index contributed by atoms with van der Waals surface area (Å²) in [6, 6.07) is 7.46. The van der Waals surface area contributed by atoms with E-state index in [4.69, 9.17) is 4.52 Å². The Hall–Kier alpha value is -2.70. The second-order valence-electron chi connectivity index (χ2n) is 5.79. The minimum Gasteiger partial charge on any atom is -0.348 e. The molecule has 1 heterocycles. The number of aromatic nitrogens is 2. The van der Waals surface area contributed by atoms with Gasteiger partial charge in [-0.15, -0.1) is 0 Å². The molecule has 24 heavy (non-hydrogen) atoms. The number of rotatable bonds is 6. The largest absolute Gasteiger partial charge is 0.348 e. The summed E-state index contributed by atoms with van der Waals surface area (Å²) in [7, 11) is 0. The molecule has 2 rings (SSSR count). The Bertz CT molecular complexity index is 709. The highest BCUT2D eigenvalue weighted by molar-refractivity contribution is 6.39. The van der Waals surface area contributed by atoms with Gasteiger partial charge in [0.1, 0.15) is 0 Å². The first-order valence-electron chi connectivity index (χ1n) is 7.94. The van der Waals surface area contributed by atoms with Gasteiger partial charge in [-0.1, -0.05) is 37.2 Å². The van der Waals surface area contributed by atoms with Crippen molar-refractivity contribution in [2.45, 2.75) is 39.5 Å². The van der Waals surface area contributed by atoms with E-state index in [0.717, 1.165) is 5.56 Å². The maximum Gasteiger partial charge on any atom is 0.313 e. The molecule has 2 aromatic rings. The smallest absolute Gasteiger partial charge is 0.313 e. The van der Waals surface area contributed by atoms with E-state index in [1.54, 1.807) is 13.0 Å². The SMILES string of the molecule is Cc1noc(CCCNC(=O)C(=O)Nc2ccccc2C(C)C)n1. The maximum absolute atomic E-state index is 12.0. The van der Waals surface area contributed by atoms with Gasteiger partial charge in [0, 0.05) is 18.7 Å². The zero-order chi connectivity index (χ0) is 17.5. The van der Waals surface area contributed by atoms with Crippen LogP contribution in [0.4, 0.5) is 5.69 Å². The van der Waals surface area contributed by atoms with Crippen molar-refractivity contribution in [3.63, 3.8) is 0 Å². The molecule has 0 unspecified atom stereocenters. The van der Waals surface area contributed by atoms with Crippen molar-refractivity contribution < 1.29 is 14.1 Å². The molecule has 0 aliphatic rings. The van der Waals surface area contributed by atoms with Crippen molar-refractivity contribution in [2.75, 3.05) is 11.9 Å². The zero-order valence-corrected chi connectivity index (χ0v) is 14.1. The fourth-order valence-electron chi connectivity index (χ4n) is 2.26. The molecular formula is C17H22N4O3. The standard InChI is InChI=1S/C17H22N4O3/c1-11(2)13-7-4-5-8-14(13)20-17(23)16(22)18-10-6-9-15-19-12(3)21-24-15/h4-5,7-8,11H,6,9-10H2,1-3H3,(H,18,22)(H,20,23). The third-order valence-corrected chi connectivity index (χ3v) is 3.46. The Kier molecular flexibility index (Phi) is 6.06. The second-order valence-corrected chi connectivity index (χ2v) is 5.79. The molecule has 1 aromatic heterocycles. The number of carbonyl (C=O) groups is 2. The molecule has 0 atom stereocenters. The number of hydrogen-bond donors (Lipinski definition) is 2. The topological polar surface area (TPSA) is 97.1 Å². The summed E-state index contributed by atoms with van der Waals surface area (Å²) < 4.78 is 4.98. The van der Waals surface area contributed by atoms with Crippen LogP contribution in [0.15, 0.2) is 28.8 Å². The van der Waals surface area contributed by atoms with Crippen molar-refractivity contribution in [3.8, 4) is 0 Å². The molecule has 2 N–H and O–H groups in total. The highest BCUT2D eigenvalue weighted by Crippen LogP contribution is 2.23. The molecule has 0 aliphatic heterocycles. The maximum atomic E-state index is 12.0. The summed E-state index contributed by atoms with van der Waals surface area (Å²) in [5.41, 5.74) is 1.65. The number of carbonyl (C=O) groups excluding carboxylic acids is 2. The lowest BCUT2D eigenvalue weighted by molar-refractivity contribution is -0.136. The molecule has 0 fully saturated rings. The van der Waals surface area contributed by atoms with Crippen LogP contribution in [0.3, 0.4) is 0 Å². The highest BCUT2D eigenvalue weighted by atomic mass is 16.5. The number of amides is 2. The Morgan fingerprint density at radius 2 is 1.96 bits per heavy atom. The lowest BCUT2D eigenvalue weighted by Gasteiger charge is -2.13. The molecule has 0 saturated heterocycles. The van der Waals surface area contributed by atoms with E-state index < -0.39 is 11.8 Å². The van der Waals surface area contributed by atoms with Gasteiger partial charge < -0.3 is 15.2 Å². The summed E-state index contributed by atoms with van der Waals surface area (Å²) in [6.45, 7) is 6.17. The van der Waals surface area contributed by atoms with E-state index in [1.165, 1.54) is 0 Å². The Morgan fingerprint density at radius 3 is 2.62 bits per heavy atom. The Morgan fingerprint density at radius 1 is 1.21 bits per heavy atom. The molecule has 0 aliphatic carbocycles. The molecule has 2 amide bonds. The normalized spacial score (nSPS) is 10.7. The quantitative estimate of drug-likeness (QED) is 0.625. The number of nitrogens with one attached hydrogen (secondary N) is 2. The van der Waals surface area contributed by atoms with Crippen LogP contribution in [0.25, 0.3) is 0 Å². The monoisotopic (exact) mass is 330 g/mol. The van der Waals surface area contributed by atoms with Crippen LogP contribution in [0.2, 0.25) is 0 Å². The summed E-state index contributed by atoms with van der Waals surface area (Å²) in [5, 5.41) is 8.94. The molecule has 1 aromatic carbocycles. The molecule has 7 heteroatoms. The first kappa shape index (κ1) is 17.7. The second kappa shape index (κ2) is 8.24. The predicted molar refractivity (Wildman–Crippen MR) is 89.5 cm³/mol. The molecular weight excluding hydrogens is 308 g/mol. The number of aryl methyl sites for hydroxylation is 2. The molecule has 128 valence electrons. The molecule has 0 radical (unpaired) electrons. The van der Waals surface area contributed by atoms with E-state index in [9.17, 15) is 9.59 Å². The van der Waals surface area contributed by atoms with E-state index in [1.807, 2.05) is 32.0 Å². The minimum absolute atomic E-state index is 0.252. The van der Waals surface area contributed by atoms with E-state index in [2.05, 4.69) is 20.8 Å². The van der Waals surface area contributed by atoms with E-state index in [-0.39, 0.29) is 5.92 Å². The Labute approximate surface area is 140 Å². The number of anilines is 1. The van der Waals surface area contributed by atoms with Crippen molar-refractivity contribution in [3.05, 3.63) is 41.5 Å². The minimum atomic E-state index is -0.670. The van der Waals surface area contributed by atoms with Gasteiger partial charge in [-0.2, -0.15) is 4.98 Å². The lowest BCUT2D eigenvalue weighted by Crippen LogP contribution is -2.36. The Balaban J connectivity index is 1.79. The van der Waals surface area contributed by atoms with Gasteiger partial charge in [0.15, 0.2) is 5.82 Å². The first-order chi connectivity index (χ1) is 11.5. The number of benzene rings is 1. The molecule has 7 nitrogen and oxygen atoms in total. The average Bonchev–Trinajstić information content (AvgIpc) is 2.97. The van der Waals surface area contributed by atoms with Crippen LogP contribution >= 0.6 is 0 Å². The summed E-state index contributed by atoms with van der Waals surface area (Å²) in [5.74, 6) is 0.0312. The van der Waals surface area contributed by atoms with Crippen molar-refractivity contribution in [1.29, 1.82) is 0 Å². The van der Waals surface area contributed by atoms with Crippen LogP contribution < -0.4 is 10.6 Å². The van der Waals surface area contributed by atoms with Crippen LogP contribution in [-0.2, 0) is 16.0 Å². The van der Waals surface area contributed by atoms with Crippen LogP contribution in [0.1, 0.15) is 43.5 Å². The van der Waals surface area contributed by atoms with Gasteiger partial charge in [-0.3, -0.25) is 9.59 Å². The average molecular weight is 330 g/mol. The van der Waals surface area contributed by atoms with Gasteiger partial charge in [0.2, 0.25) is 5.89 Å². The van der Waals surface area contributed by atoms with Crippen LogP contribution in [0.5, 0.6) is 0 Å². The highest BCUT2D eigenvalue weighted by Gasteiger charge is 2.15. The first-order valence-corrected chi connectivity index (χ1v) is 7.94. The third kappa shape index (κ3) is 4.91. The molecule has 0 spiro atoms. The summed E-state index contributed by atoms with van der Waals surface area (Å²) in [4.78, 5) is 27.9. The van der Waals surface area contributed by atoms with Crippen molar-refractivity contribution >= 4 is 17.5 Å². The number of nitrogens with zero attached hydrogens (tertiary/aromatic N) is 2. The van der Waals surface area contributed by atoms with Gasteiger partial charge in [0.05, 0.1) is 0 Å². The fourth-order valence-corrected chi connectivity index (χ4v) is 2.26. The van der Waals surface area contributed by atoms with Crippen molar-refractivity contribution in [1.82, 2.24) is 15.5 Å². The third-order valence-electron chi connectivity index (χ3n) is 3.46. The van der Waals surface area contributed by atoms with E-state index in [0.29, 0.717) is 36.8 Å². The van der Waals surface area contributed by atoms with Gasteiger partial charge in [-0.05, 0) is 30.9 Å².